The van der Waals surface area contributed by atoms with Gasteiger partial charge in [-0.25, -0.2) is 4.57 Å². The number of rotatable bonds is 1. The Hall–Kier alpha value is -0.185. The first-order valence-corrected chi connectivity index (χ1v) is 7.82. The molecule has 1 aromatic carbocycles. The van der Waals surface area contributed by atoms with Gasteiger partial charge in [0.15, 0.2) is 0 Å². The van der Waals surface area contributed by atoms with Crippen LogP contribution < -0.4 is 3.07 Å². The molecule has 0 amide bonds. The van der Waals surface area contributed by atoms with Gasteiger partial charge in [0.1, 0.15) is 0 Å². The zero-order chi connectivity index (χ0) is 11.0. The minimum absolute atomic E-state index is 0.730. The number of carbonyl (C=O) groups is 1. The van der Waals surface area contributed by atoms with Crippen LogP contribution in [-0.4, -0.2) is 10.9 Å². The summed E-state index contributed by atoms with van der Waals surface area (Å²) in [4.78, 5) is 17.5. The maximum atomic E-state index is 9.70. The molecule has 0 aliphatic carbocycles. The molecule has 73 valence electrons. The second kappa shape index (κ2) is 8.15. The fourth-order valence-corrected chi connectivity index (χ4v) is 1.90. The predicted octanol–water partition coefficient (Wildman–Crippen LogP) is 0.790. The van der Waals surface area contributed by atoms with E-state index in [2.05, 4.69) is 34.9 Å². The van der Waals surface area contributed by atoms with Gasteiger partial charge in [-0.3, -0.25) is 4.79 Å². The molecule has 0 saturated heterocycles. The summed E-state index contributed by atoms with van der Waals surface area (Å²) in [6.07, 6.45) is 0. The Morgan fingerprint density at radius 2 is 1.93 bits per heavy atom. The Kier molecular flexibility index (Phi) is 8.04. The van der Waals surface area contributed by atoms with Crippen molar-refractivity contribution in [3.63, 3.8) is 0 Å². The quantitative estimate of drug-likeness (QED) is 0.558. The van der Waals surface area contributed by atoms with Crippen molar-refractivity contribution in [3.05, 3.63) is 30.3 Å². The number of benzene rings is 1. The Morgan fingerprint density at radius 3 is 2.07 bits per heavy atom. The van der Waals surface area contributed by atoms with Gasteiger partial charge in [0.05, 0.1) is 0 Å². The van der Waals surface area contributed by atoms with Gasteiger partial charge in [0.25, 0.3) is 0 Å². The van der Waals surface area contributed by atoms with Crippen LogP contribution in [0.25, 0.3) is 0 Å². The van der Waals surface area contributed by atoms with E-state index in [0.29, 0.717) is 0 Å². The molecule has 1 atom stereocenters. The average molecular weight is 402 g/mol. The molecule has 0 aliphatic heterocycles. The van der Waals surface area contributed by atoms with Crippen molar-refractivity contribution in [2.45, 2.75) is 6.92 Å². The van der Waals surface area contributed by atoms with E-state index in [0.717, 1.165) is 33.0 Å². The molecule has 0 aliphatic rings. The van der Waals surface area contributed by atoms with Crippen molar-refractivity contribution in [2.24, 2.45) is 0 Å². The fourth-order valence-electron chi connectivity index (χ4n) is 0.601. The van der Waals surface area contributed by atoms with Crippen molar-refractivity contribution in [1.29, 1.82) is 0 Å². The molecule has 6 heteroatoms. The molecule has 14 heavy (non-hydrogen) atoms. The first-order chi connectivity index (χ1) is 6.52. The molecule has 1 aromatic rings. The van der Waals surface area contributed by atoms with E-state index in [1.807, 2.05) is 0 Å². The maximum absolute atomic E-state index is 9.70. The molecule has 0 saturated carbocycles. The Balaban J connectivity index is 0.000000241. The van der Waals surface area contributed by atoms with Gasteiger partial charge in [-0.2, -0.15) is 0 Å². The van der Waals surface area contributed by atoms with Gasteiger partial charge in [-0.1, -0.05) is 0 Å². The van der Waals surface area contributed by atoms with E-state index in [1.54, 1.807) is 0 Å². The Morgan fingerprint density at radius 1 is 1.43 bits per heavy atom. The van der Waals surface area contributed by atoms with Crippen LogP contribution in [0.3, 0.4) is 0 Å². The van der Waals surface area contributed by atoms with Crippen LogP contribution in [0.5, 0.6) is 0 Å². The van der Waals surface area contributed by atoms with E-state index >= 15 is 0 Å². The summed E-state index contributed by atoms with van der Waals surface area (Å²) in [5.74, 6) is -0.730. The predicted molar refractivity (Wildman–Crippen MR) is 49.1 cm³/mol. The molecule has 0 bridgehead atoms. The van der Waals surface area contributed by atoms with Crippen LogP contribution in [0, 0.1) is 0 Å². The average Bonchev–Trinajstić information content (AvgIpc) is 2.03. The third kappa shape index (κ3) is 9.90. The first kappa shape index (κ1) is 13.8. The monoisotopic (exact) mass is 403 g/mol. The standard InChI is InChI=1S/C6H5.C2H5O4P.Hg/c1-2-4-6-5-3-1;1-2(3)6-7(4)5;/h1-5H;7H,1H3,(H,4,5);. The summed E-state index contributed by atoms with van der Waals surface area (Å²) in [7, 11) is -3.03. The molecule has 0 spiro atoms. The molecule has 0 heterocycles. The van der Waals surface area contributed by atoms with E-state index in [-0.39, 0.29) is 0 Å². The van der Waals surface area contributed by atoms with Gasteiger partial charge < -0.3 is 9.42 Å². The van der Waals surface area contributed by atoms with Crippen LogP contribution in [0.4, 0.5) is 0 Å². The molecule has 1 unspecified atom stereocenters. The summed E-state index contributed by atoms with van der Waals surface area (Å²) in [5.41, 5.74) is 0. The summed E-state index contributed by atoms with van der Waals surface area (Å²) in [6.45, 7) is 1.07. The van der Waals surface area contributed by atoms with Gasteiger partial charge in [-0.05, 0) is 0 Å². The van der Waals surface area contributed by atoms with Crippen LogP contribution in [-0.2, 0) is 40.0 Å². The first-order valence-electron chi connectivity index (χ1n) is 3.80. The topological polar surface area (TPSA) is 63.6 Å². The molecular formula is C8H10HgO4P. The van der Waals surface area contributed by atoms with Crippen molar-refractivity contribution in [1.82, 2.24) is 0 Å². The van der Waals surface area contributed by atoms with Crippen molar-refractivity contribution >= 4 is 17.3 Å². The molecule has 0 radical (unpaired) electrons. The normalized spacial score (nSPS) is 10.9. The van der Waals surface area contributed by atoms with Crippen molar-refractivity contribution in [3.8, 4) is 0 Å². The number of hydrogen-bond acceptors (Lipinski definition) is 3. The summed E-state index contributed by atoms with van der Waals surface area (Å²) in [6, 6.07) is 10.6. The Bertz CT molecular complexity index is 289. The Labute approximate surface area is 99.2 Å². The molecule has 1 rings (SSSR count). The van der Waals surface area contributed by atoms with Crippen LogP contribution >= 0.6 is 8.25 Å². The molecule has 0 aromatic heterocycles. The minimum atomic E-state index is -3.03. The zero-order valence-corrected chi connectivity index (χ0v) is 14.3. The fraction of sp³-hybridized carbons (Fsp3) is 0.125. The SMILES string of the molecule is CC(=O)O[PH](=O)O.[Hg][c]1ccccc1. The summed E-state index contributed by atoms with van der Waals surface area (Å²) in [5, 5.41) is 0. The third-order valence-corrected chi connectivity index (χ3v) is 3.37. The number of hydrogen-bond donors (Lipinski definition) is 1. The summed E-state index contributed by atoms with van der Waals surface area (Å²) >= 11 is 0.810. The molecule has 1 N–H and O–H groups in total. The van der Waals surface area contributed by atoms with E-state index < -0.39 is 14.2 Å². The van der Waals surface area contributed by atoms with E-state index in [4.69, 9.17) is 4.89 Å². The van der Waals surface area contributed by atoms with Crippen LogP contribution in [0.2, 0.25) is 0 Å². The van der Waals surface area contributed by atoms with Gasteiger partial charge in [0.2, 0.25) is 0 Å². The second-order valence-corrected chi connectivity index (χ2v) is 6.26. The molecule has 0 fully saturated rings. The molecule has 4 nitrogen and oxygen atoms in total. The molecular weight excluding hydrogens is 392 g/mol. The van der Waals surface area contributed by atoms with E-state index in [9.17, 15) is 9.36 Å². The second-order valence-electron chi connectivity index (χ2n) is 2.35. The van der Waals surface area contributed by atoms with E-state index in [1.165, 1.54) is 3.07 Å². The van der Waals surface area contributed by atoms with Gasteiger partial charge in [0, 0.05) is 6.92 Å². The van der Waals surface area contributed by atoms with Crippen molar-refractivity contribution < 1.29 is 44.9 Å². The third-order valence-electron chi connectivity index (χ3n) is 1.07. The van der Waals surface area contributed by atoms with Gasteiger partial charge in [-0.15, -0.1) is 0 Å². The zero-order valence-electron chi connectivity index (χ0n) is 7.77. The van der Waals surface area contributed by atoms with Crippen LogP contribution in [0.1, 0.15) is 6.92 Å². The van der Waals surface area contributed by atoms with Gasteiger partial charge >= 0.3 is 73.7 Å². The number of carbonyl (C=O) groups excluding carboxylic acids is 1. The van der Waals surface area contributed by atoms with Crippen molar-refractivity contribution in [2.75, 3.05) is 0 Å². The van der Waals surface area contributed by atoms with Crippen LogP contribution in [0.15, 0.2) is 30.3 Å². The summed E-state index contributed by atoms with van der Waals surface area (Å²) < 4.78 is 14.8.